The number of amides is 1. The van der Waals surface area contributed by atoms with Crippen LogP contribution in [0, 0.1) is 26.6 Å². The van der Waals surface area contributed by atoms with E-state index >= 15 is 0 Å². The van der Waals surface area contributed by atoms with Crippen LogP contribution in [0.2, 0.25) is 0 Å². The molecular formula is C22H23FN2O. The van der Waals surface area contributed by atoms with Gasteiger partial charge in [0.05, 0.1) is 5.52 Å². The summed E-state index contributed by atoms with van der Waals surface area (Å²) in [6.07, 6.45) is 4.00. The molecule has 0 aliphatic heterocycles. The number of carbonyl (C=O) groups excluding carboxylic acids is 1. The number of fused-ring (bicyclic) bond motifs is 1. The number of aryl methyl sites for hydroxylation is 3. The normalized spacial score (nSPS) is 11.4. The highest BCUT2D eigenvalue weighted by molar-refractivity contribution is 5.92. The summed E-state index contributed by atoms with van der Waals surface area (Å²) in [5.74, 6) is -0.378. The predicted octanol–water partition coefficient (Wildman–Crippen LogP) is 4.60. The zero-order valence-corrected chi connectivity index (χ0v) is 15.3. The average molecular weight is 350 g/mol. The fraction of sp³-hybridized carbons (Fsp3) is 0.227. The van der Waals surface area contributed by atoms with E-state index in [-0.39, 0.29) is 11.7 Å². The van der Waals surface area contributed by atoms with Gasteiger partial charge in [0.2, 0.25) is 5.91 Å². The van der Waals surface area contributed by atoms with Gasteiger partial charge in [-0.25, -0.2) is 4.39 Å². The molecular weight excluding hydrogens is 327 g/mol. The molecule has 0 saturated heterocycles. The van der Waals surface area contributed by atoms with Crippen molar-refractivity contribution in [1.29, 1.82) is 0 Å². The van der Waals surface area contributed by atoms with Crippen molar-refractivity contribution in [3.05, 3.63) is 76.2 Å². The average Bonchev–Trinajstić information content (AvgIpc) is 2.94. The molecule has 0 aliphatic carbocycles. The molecule has 0 spiro atoms. The van der Waals surface area contributed by atoms with Crippen LogP contribution in [-0.4, -0.2) is 17.4 Å². The van der Waals surface area contributed by atoms with Gasteiger partial charge >= 0.3 is 0 Å². The van der Waals surface area contributed by atoms with Gasteiger partial charge in [0.1, 0.15) is 5.82 Å². The molecule has 3 rings (SSSR count). The minimum absolute atomic E-state index is 0.132. The van der Waals surface area contributed by atoms with E-state index < -0.39 is 0 Å². The lowest BCUT2D eigenvalue weighted by Crippen LogP contribution is -2.23. The molecule has 26 heavy (non-hydrogen) atoms. The van der Waals surface area contributed by atoms with E-state index in [1.807, 2.05) is 45.0 Å². The van der Waals surface area contributed by atoms with Crippen molar-refractivity contribution in [2.45, 2.75) is 27.2 Å². The Balaban J connectivity index is 1.65. The second-order valence-electron chi connectivity index (χ2n) is 6.63. The summed E-state index contributed by atoms with van der Waals surface area (Å²) in [7, 11) is 0. The van der Waals surface area contributed by atoms with Crippen molar-refractivity contribution in [3.63, 3.8) is 0 Å². The van der Waals surface area contributed by atoms with Gasteiger partial charge in [0.15, 0.2) is 0 Å². The van der Waals surface area contributed by atoms with Crippen molar-refractivity contribution in [2.24, 2.45) is 0 Å². The highest BCUT2D eigenvalue weighted by Crippen LogP contribution is 2.27. The van der Waals surface area contributed by atoms with Crippen molar-refractivity contribution < 1.29 is 9.18 Å². The topological polar surface area (TPSA) is 44.9 Å². The fourth-order valence-electron chi connectivity index (χ4n) is 3.27. The molecule has 1 heterocycles. The first-order valence-electron chi connectivity index (χ1n) is 8.74. The van der Waals surface area contributed by atoms with Gasteiger partial charge in [-0.2, -0.15) is 0 Å². The van der Waals surface area contributed by atoms with Gasteiger partial charge in [-0.1, -0.05) is 35.9 Å². The summed E-state index contributed by atoms with van der Waals surface area (Å²) in [5.41, 5.74) is 5.73. The Kier molecular flexibility index (Phi) is 5.21. The minimum atomic E-state index is -0.245. The lowest BCUT2D eigenvalue weighted by Gasteiger charge is -2.05. The summed E-state index contributed by atoms with van der Waals surface area (Å²) in [6, 6.07) is 11.2. The molecule has 0 radical (unpaired) electrons. The SMILES string of the molecule is Cc1cccc(/C=C/C(=O)NCCc2c(C)[nH]c3c(F)ccc(C)c23)c1. The van der Waals surface area contributed by atoms with Gasteiger partial charge < -0.3 is 10.3 Å². The molecule has 0 saturated carbocycles. The first kappa shape index (κ1) is 17.9. The van der Waals surface area contributed by atoms with Crippen LogP contribution < -0.4 is 5.32 Å². The van der Waals surface area contributed by atoms with Crippen LogP contribution in [0.1, 0.15) is 27.9 Å². The zero-order chi connectivity index (χ0) is 18.7. The number of H-pyrrole nitrogens is 1. The number of carbonyl (C=O) groups is 1. The summed E-state index contributed by atoms with van der Waals surface area (Å²) in [5, 5.41) is 3.82. The molecule has 2 aromatic carbocycles. The Labute approximate surface area is 152 Å². The summed E-state index contributed by atoms with van der Waals surface area (Å²) in [4.78, 5) is 15.2. The molecule has 1 amide bonds. The van der Waals surface area contributed by atoms with E-state index in [1.165, 1.54) is 6.07 Å². The molecule has 3 aromatic rings. The third kappa shape index (κ3) is 3.85. The first-order chi connectivity index (χ1) is 12.5. The van der Waals surface area contributed by atoms with E-state index in [1.54, 1.807) is 18.2 Å². The molecule has 3 nitrogen and oxygen atoms in total. The van der Waals surface area contributed by atoms with Crippen molar-refractivity contribution in [3.8, 4) is 0 Å². The number of hydrogen-bond acceptors (Lipinski definition) is 1. The Morgan fingerprint density at radius 2 is 2.00 bits per heavy atom. The van der Waals surface area contributed by atoms with Gasteiger partial charge in [-0.15, -0.1) is 0 Å². The van der Waals surface area contributed by atoms with Crippen LogP contribution in [0.15, 0.2) is 42.5 Å². The Bertz CT molecular complexity index is 985. The molecule has 134 valence electrons. The number of aromatic amines is 1. The van der Waals surface area contributed by atoms with Crippen LogP contribution in [0.4, 0.5) is 4.39 Å². The third-order valence-electron chi connectivity index (χ3n) is 4.57. The standard InChI is InChI=1S/C22H23FN2O/c1-14-5-4-6-17(13-14)8-10-20(26)24-12-11-18-16(3)25-22-19(23)9-7-15(2)21(18)22/h4-10,13,25H,11-12H2,1-3H3,(H,24,26)/b10-8+. The molecule has 0 unspecified atom stereocenters. The van der Waals surface area contributed by atoms with Crippen molar-refractivity contribution in [1.82, 2.24) is 10.3 Å². The predicted molar refractivity (Wildman–Crippen MR) is 105 cm³/mol. The van der Waals surface area contributed by atoms with Crippen molar-refractivity contribution >= 4 is 22.9 Å². The number of nitrogens with one attached hydrogen (secondary N) is 2. The Morgan fingerprint density at radius 3 is 2.77 bits per heavy atom. The van der Waals surface area contributed by atoms with Crippen LogP contribution in [0.5, 0.6) is 0 Å². The lowest BCUT2D eigenvalue weighted by molar-refractivity contribution is -0.116. The maximum atomic E-state index is 14.0. The van der Waals surface area contributed by atoms with Crippen LogP contribution >= 0.6 is 0 Å². The summed E-state index contributed by atoms with van der Waals surface area (Å²) in [6.45, 7) is 6.43. The maximum Gasteiger partial charge on any atom is 0.244 e. The summed E-state index contributed by atoms with van der Waals surface area (Å²) < 4.78 is 14.0. The second kappa shape index (κ2) is 7.56. The molecule has 0 fully saturated rings. The van der Waals surface area contributed by atoms with E-state index in [0.29, 0.717) is 18.5 Å². The highest BCUT2D eigenvalue weighted by Gasteiger charge is 2.13. The lowest BCUT2D eigenvalue weighted by atomic mass is 10.0. The molecule has 4 heteroatoms. The number of benzene rings is 2. The number of hydrogen-bond donors (Lipinski definition) is 2. The number of aromatic nitrogens is 1. The van der Waals surface area contributed by atoms with E-state index in [9.17, 15) is 9.18 Å². The van der Waals surface area contributed by atoms with Crippen LogP contribution in [0.25, 0.3) is 17.0 Å². The van der Waals surface area contributed by atoms with Crippen LogP contribution in [0.3, 0.4) is 0 Å². The smallest absolute Gasteiger partial charge is 0.244 e. The first-order valence-corrected chi connectivity index (χ1v) is 8.74. The van der Waals surface area contributed by atoms with E-state index in [0.717, 1.165) is 33.3 Å². The molecule has 0 aliphatic rings. The van der Waals surface area contributed by atoms with Gasteiger partial charge in [0.25, 0.3) is 0 Å². The molecule has 1 aromatic heterocycles. The quantitative estimate of drug-likeness (QED) is 0.649. The van der Waals surface area contributed by atoms with Gasteiger partial charge in [0, 0.05) is 23.7 Å². The van der Waals surface area contributed by atoms with Crippen molar-refractivity contribution in [2.75, 3.05) is 6.54 Å². The minimum Gasteiger partial charge on any atom is -0.356 e. The molecule has 0 atom stereocenters. The highest BCUT2D eigenvalue weighted by atomic mass is 19.1. The second-order valence-corrected chi connectivity index (χ2v) is 6.63. The van der Waals surface area contributed by atoms with E-state index in [4.69, 9.17) is 0 Å². The van der Waals surface area contributed by atoms with Gasteiger partial charge in [-0.05, 0) is 56.0 Å². The number of rotatable bonds is 5. The molecule has 0 bridgehead atoms. The zero-order valence-electron chi connectivity index (χ0n) is 15.3. The maximum absolute atomic E-state index is 14.0. The van der Waals surface area contributed by atoms with Crippen LogP contribution in [-0.2, 0) is 11.2 Å². The van der Waals surface area contributed by atoms with Gasteiger partial charge in [-0.3, -0.25) is 4.79 Å². The largest absolute Gasteiger partial charge is 0.356 e. The number of halogens is 1. The Morgan fingerprint density at radius 1 is 1.19 bits per heavy atom. The summed E-state index contributed by atoms with van der Waals surface area (Å²) >= 11 is 0. The van der Waals surface area contributed by atoms with E-state index in [2.05, 4.69) is 10.3 Å². The third-order valence-corrected chi connectivity index (χ3v) is 4.57. The Hall–Kier alpha value is -2.88. The fourth-order valence-corrected chi connectivity index (χ4v) is 3.27. The monoisotopic (exact) mass is 350 g/mol. The molecule has 2 N–H and O–H groups in total.